The first-order chi connectivity index (χ1) is 16.1. The van der Waals surface area contributed by atoms with Crippen molar-refractivity contribution in [3.05, 3.63) is 30.1 Å². The summed E-state index contributed by atoms with van der Waals surface area (Å²) >= 11 is 0. The Balaban J connectivity index is 1.19. The average molecular weight is 497 g/mol. The molecule has 3 aliphatic heterocycles. The summed E-state index contributed by atoms with van der Waals surface area (Å²) < 4.78 is 43.5. The number of ether oxygens (including phenoxy) is 1. The maximum absolute atomic E-state index is 13.1. The zero-order valence-corrected chi connectivity index (χ0v) is 20.4. The quantitative estimate of drug-likeness (QED) is 0.558. The number of carbonyl (C=O) groups is 2. The molecule has 0 saturated carbocycles. The molecule has 11 heteroatoms. The number of cyclic esters (lactones) is 1. The Bertz CT molecular complexity index is 987. The second kappa shape index (κ2) is 10.2. The monoisotopic (exact) mass is 496 g/mol. The number of piperidine rings is 1. The molecule has 0 aliphatic carbocycles. The van der Waals surface area contributed by atoms with Crippen molar-refractivity contribution in [2.24, 2.45) is 5.41 Å². The van der Waals surface area contributed by atoms with Gasteiger partial charge in [0.05, 0.1) is 18.2 Å². The van der Waals surface area contributed by atoms with Crippen LogP contribution in [-0.4, -0.2) is 94.8 Å². The largest absolute Gasteiger partial charge is 0.462 e. The minimum atomic E-state index is -3.42. The number of amides is 1. The van der Waals surface area contributed by atoms with Crippen molar-refractivity contribution in [1.82, 2.24) is 14.5 Å². The second-order valence-corrected chi connectivity index (χ2v) is 11.4. The van der Waals surface area contributed by atoms with E-state index in [0.29, 0.717) is 32.4 Å². The summed E-state index contributed by atoms with van der Waals surface area (Å²) in [7, 11) is -3.42. The van der Waals surface area contributed by atoms with Crippen molar-refractivity contribution in [1.29, 1.82) is 0 Å². The van der Waals surface area contributed by atoms with E-state index in [9.17, 15) is 22.4 Å². The first-order valence-electron chi connectivity index (χ1n) is 11.8. The molecule has 1 N–H and O–H groups in total. The molecule has 0 aromatic heterocycles. The summed E-state index contributed by atoms with van der Waals surface area (Å²) in [6.45, 7) is 5.01. The molecule has 1 spiro atoms. The van der Waals surface area contributed by atoms with E-state index in [4.69, 9.17) is 4.74 Å². The van der Waals surface area contributed by atoms with Crippen molar-refractivity contribution in [2.75, 3.05) is 63.5 Å². The molecule has 34 heavy (non-hydrogen) atoms. The SMILES string of the molecule is CS(=O)(=O)NCC(=O)N1CCC2(CC1)C[C@H](CCN1CCN(c3ccc(F)cc3)CC1)OC2=O. The zero-order valence-electron chi connectivity index (χ0n) is 19.5. The normalized spacial score (nSPS) is 23.4. The molecule has 0 bridgehead atoms. The summed E-state index contributed by atoms with van der Waals surface area (Å²) in [5.74, 6) is -0.671. The lowest BCUT2D eigenvalue weighted by atomic mass is 9.75. The summed E-state index contributed by atoms with van der Waals surface area (Å²) in [5, 5.41) is 0. The van der Waals surface area contributed by atoms with Crippen molar-refractivity contribution in [3.63, 3.8) is 0 Å². The Labute approximate surface area is 200 Å². The number of carbonyl (C=O) groups excluding carboxylic acids is 2. The predicted octanol–water partition coefficient (Wildman–Crippen LogP) is 0.811. The zero-order chi connectivity index (χ0) is 24.3. The van der Waals surface area contributed by atoms with Gasteiger partial charge in [-0.1, -0.05) is 0 Å². The topological polar surface area (TPSA) is 99.3 Å². The number of piperazine rings is 1. The molecule has 1 aromatic carbocycles. The van der Waals surface area contributed by atoms with Gasteiger partial charge in [0.25, 0.3) is 0 Å². The summed E-state index contributed by atoms with van der Waals surface area (Å²) in [6, 6.07) is 6.59. The van der Waals surface area contributed by atoms with Gasteiger partial charge in [-0.3, -0.25) is 14.5 Å². The van der Waals surface area contributed by atoms with Crippen LogP contribution in [0.4, 0.5) is 10.1 Å². The van der Waals surface area contributed by atoms with Crippen LogP contribution in [0.1, 0.15) is 25.7 Å². The van der Waals surface area contributed by atoms with Crippen molar-refractivity contribution >= 4 is 27.6 Å². The predicted molar refractivity (Wildman–Crippen MR) is 125 cm³/mol. The van der Waals surface area contributed by atoms with Gasteiger partial charge >= 0.3 is 5.97 Å². The van der Waals surface area contributed by atoms with Crippen LogP contribution in [0.2, 0.25) is 0 Å². The van der Waals surface area contributed by atoms with Gasteiger partial charge in [-0.2, -0.15) is 0 Å². The van der Waals surface area contributed by atoms with Crippen LogP contribution in [0.5, 0.6) is 0 Å². The van der Waals surface area contributed by atoms with Gasteiger partial charge < -0.3 is 14.5 Å². The summed E-state index contributed by atoms with van der Waals surface area (Å²) in [6.07, 6.45) is 3.45. The molecule has 1 aromatic rings. The molecule has 1 atom stereocenters. The minimum absolute atomic E-state index is 0.114. The number of anilines is 1. The highest BCUT2D eigenvalue weighted by Crippen LogP contribution is 2.43. The number of esters is 1. The van der Waals surface area contributed by atoms with Crippen LogP contribution in [0.3, 0.4) is 0 Å². The van der Waals surface area contributed by atoms with E-state index in [0.717, 1.165) is 51.1 Å². The molecular formula is C23H33FN4O5S. The number of benzene rings is 1. The molecule has 4 rings (SSSR count). The molecule has 0 radical (unpaired) electrons. The van der Waals surface area contributed by atoms with Crippen molar-refractivity contribution < 1.29 is 27.1 Å². The van der Waals surface area contributed by atoms with E-state index in [1.807, 2.05) is 12.1 Å². The molecule has 3 heterocycles. The maximum Gasteiger partial charge on any atom is 0.312 e. The molecule has 9 nitrogen and oxygen atoms in total. The van der Waals surface area contributed by atoms with Crippen LogP contribution < -0.4 is 9.62 Å². The van der Waals surface area contributed by atoms with Gasteiger partial charge in [-0.05, 0) is 43.5 Å². The van der Waals surface area contributed by atoms with Gasteiger partial charge in [0.15, 0.2) is 0 Å². The lowest BCUT2D eigenvalue weighted by Crippen LogP contribution is -2.48. The fraction of sp³-hybridized carbons (Fsp3) is 0.652. The maximum atomic E-state index is 13.1. The number of halogens is 1. The molecule has 1 amide bonds. The molecule has 3 aliphatic rings. The van der Waals surface area contributed by atoms with Gasteiger partial charge in [-0.25, -0.2) is 17.5 Å². The Morgan fingerprint density at radius 3 is 2.38 bits per heavy atom. The first kappa shape index (κ1) is 24.9. The molecule has 188 valence electrons. The third-order valence-electron chi connectivity index (χ3n) is 7.22. The van der Waals surface area contributed by atoms with E-state index >= 15 is 0 Å². The number of nitrogens with one attached hydrogen (secondary N) is 1. The summed E-state index contributed by atoms with van der Waals surface area (Å²) in [5.41, 5.74) is 0.497. The number of rotatable bonds is 7. The van der Waals surface area contributed by atoms with Crippen LogP contribution in [0.25, 0.3) is 0 Å². The molecule has 3 saturated heterocycles. The lowest BCUT2D eigenvalue weighted by molar-refractivity contribution is -0.152. The van der Waals surface area contributed by atoms with E-state index in [2.05, 4.69) is 14.5 Å². The number of hydrogen-bond acceptors (Lipinski definition) is 7. The van der Waals surface area contributed by atoms with Crippen molar-refractivity contribution in [3.8, 4) is 0 Å². The third-order valence-corrected chi connectivity index (χ3v) is 7.88. The Hall–Kier alpha value is -2.24. The Kier molecular flexibility index (Phi) is 7.44. The fourth-order valence-corrected chi connectivity index (χ4v) is 5.49. The van der Waals surface area contributed by atoms with Gasteiger partial charge in [-0.15, -0.1) is 0 Å². The number of hydrogen-bond donors (Lipinski definition) is 1. The lowest BCUT2D eigenvalue weighted by Gasteiger charge is -2.37. The van der Waals surface area contributed by atoms with E-state index in [-0.39, 0.29) is 30.3 Å². The Morgan fingerprint density at radius 2 is 1.76 bits per heavy atom. The number of nitrogens with zero attached hydrogens (tertiary/aromatic N) is 3. The highest BCUT2D eigenvalue weighted by molar-refractivity contribution is 7.88. The first-order valence-corrected chi connectivity index (χ1v) is 13.7. The van der Waals surface area contributed by atoms with Crippen molar-refractivity contribution in [2.45, 2.75) is 31.8 Å². The average Bonchev–Trinajstić information content (AvgIpc) is 3.11. The van der Waals surface area contributed by atoms with E-state index in [1.54, 1.807) is 4.90 Å². The molecular weight excluding hydrogens is 463 g/mol. The highest BCUT2D eigenvalue weighted by atomic mass is 32.2. The van der Waals surface area contributed by atoms with E-state index < -0.39 is 15.4 Å². The van der Waals surface area contributed by atoms with Gasteiger partial charge in [0.1, 0.15) is 11.9 Å². The molecule has 0 unspecified atom stereocenters. The highest BCUT2D eigenvalue weighted by Gasteiger charge is 2.50. The van der Waals surface area contributed by atoms with Crippen LogP contribution >= 0.6 is 0 Å². The van der Waals surface area contributed by atoms with E-state index in [1.165, 1.54) is 12.1 Å². The number of sulfonamides is 1. The smallest absolute Gasteiger partial charge is 0.312 e. The van der Waals surface area contributed by atoms with Gasteiger partial charge in [0.2, 0.25) is 15.9 Å². The van der Waals surface area contributed by atoms with Crippen LogP contribution in [0.15, 0.2) is 24.3 Å². The second-order valence-electron chi connectivity index (χ2n) is 9.58. The van der Waals surface area contributed by atoms with Crippen LogP contribution in [0, 0.1) is 11.2 Å². The summed E-state index contributed by atoms with van der Waals surface area (Å²) in [4.78, 5) is 31.2. The molecule has 3 fully saturated rings. The number of likely N-dealkylation sites (tertiary alicyclic amines) is 1. The standard InChI is InChI=1S/C23H33FN4O5S/c1-34(31,32)25-17-21(29)28-10-7-23(8-11-28)16-20(33-22(23)30)6-9-26-12-14-27(15-13-26)19-4-2-18(24)3-5-19/h2-5,20,25H,6-17H2,1H3/t20-/m0/s1. The third kappa shape index (κ3) is 6.05. The Morgan fingerprint density at radius 1 is 1.12 bits per heavy atom. The van der Waals surface area contributed by atoms with Crippen LogP contribution in [-0.2, 0) is 24.3 Å². The van der Waals surface area contributed by atoms with Gasteiger partial charge in [0, 0.05) is 57.9 Å². The minimum Gasteiger partial charge on any atom is -0.462 e. The fourth-order valence-electron chi connectivity index (χ4n) is 5.10.